The zero-order valence-corrected chi connectivity index (χ0v) is 17.6. The number of benzene rings is 2. The number of hydrogen-bond donors (Lipinski definition) is 5. The number of nitrogens with zero attached hydrogens (tertiary/aromatic N) is 1. The van der Waals surface area contributed by atoms with Crippen molar-refractivity contribution in [2.45, 2.75) is 6.92 Å². The van der Waals surface area contributed by atoms with Gasteiger partial charge in [0.2, 0.25) is 0 Å². The molecule has 1 aromatic heterocycles. The SMILES string of the molecule is CNCCNC(=O)c1[nH]cnc1C(=O)Nc1ccc(NC(=O)c2ccc(F)cc2)c(C)c1. The number of H-pyrrole nitrogens is 1. The summed E-state index contributed by atoms with van der Waals surface area (Å²) in [4.78, 5) is 43.8. The largest absolute Gasteiger partial charge is 0.349 e. The number of likely N-dealkylation sites (N-methyl/N-ethyl adjacent to an activating group) is 1. The van der Waals surface area contributed by atoms with Gasteiger partial charge in [0.1, 0.15) is 11.5 Å². The van der Waals surface area contributed by atoms with E-state index in [1.54, 1.807) is 32.2 Å². The number of rotatable bonds is 8. The number of aromatic amines is 1. The van der Waals surface area contributed by atoms with Crippen LogP contribution in [0.2, 0.25) is 0 Å². The van der Waals surface area contributed by atoms with Crippen LogP contribution in [0.25, 0.3) is 0 Å². The molecule has 0 bridgehead atoms. The van der Waals surface area contributed by atoms with E-state index >= 15 is 0 Å². The first-order valence-corrected chi connectivity index (χ1v) is 9.84. The lowest BCUT2D eigenvalue weighted by Gasteiger charge is -2.11. The molecule has 10 heteroatoms. The minimum absolute atomic E-state index is 0.0294. The summed E-state index contributed by atoms with van der Waals surface area (Å²) in [6.07, 6.45) is 1.28. The van der Waals surface area contributed by atoms with Gasteiger partial charge in [-0.2, -0.15) is 0 Å². The van der Waals surface area contributed by atoms with Gasteiger partial charge in [-0.05, 0) is 62.0 Å². The highest BCUT2D eigenvalue weighted by atomic mass is 19.1. The predicted molar refractivity (Wildman–Crippen MR) is 118 cm³/mol. The van der Waals surface area contributed by atoms with E-state index in [2.05, 4.69) is 31.2 Å². The van der Waals surface area contributed by atoms with Crippen LogP contribution < -0.4 is 21.3 Å². The van der Waals surface area contributed by atoms with Crippen LogP contribution in [0.1, 0.15) is 36.9 Å². The molecule has 2 aromatic carbocycles. The van der Waals surface area contributed by atoms with Crippen molar-refractivity contribution in [3.8, 4) is 0 Å². The van der Waals surface area contributed by atoms with Gasteiger partial charge < -0.3 is 26.3 Å². The standard InChI is InChI=1S/C22H23FN6O3/c1-13-11-16(7-8-17(13)29-20(30)14-3-5-15(23)6-4-14)28-22(32)19-18(26-12-27-19)21(31)25-10-9-24-2/h3-8,11-12,24H,9-10H2,1-2H3,(H,25,31)(H,26,27)(H,28,32)(H,29,30). The van der Waals surface area contributed by atoms with Gasteiger partial charge in [-0.15, -0.1) is 0 Å². The van der Waals surface area contributed by atoms with Crippen LogP contribution >= 0.6 is 0 Å². The van der Waals surface area contributed by atoms with E-state index in [1.165, 1.54) is 30.6 Å². The average molecular weight is 438 g/mol. The highest BCUT2D eigenvalue weighted by Crippen LogP contribution is 2.21. The van der Waals surface area contributed by atoms with E-state index in [1.807, 2.05) is 0 Å². The van der Waals surface area contributed by atoms with Crippen molar-refractivity contribution in [3.63, 3.8) is 0 Å². The Morgan fingerprint density at radius 3 is 2.41 bits per heavy atom. The third-order valence-corrected chi connectivity index (χ3v) is 4.58. The van der Waals surface area contributed by atoms with Gasteiger partial charge in [0.25, 0.3) is 17.7 Å². The smallest absolute Gasteiger partial charge is 0.276 e. The van der Waals surface area contributed by atoms with Gasteiger partial charge in [-0.25, -0.2) is 9.37 Å². The van der Waals surface area contributed by atoms with E-state index in [4.69, 9.17) is 0 Å². The van der Waals surface area contributed by atoms with Crippen molar-refractivity contribution in [3.05, 3.63) is 77.1 Å². The molecule has 0 saturated carbocycles. The highest BCUT2D eigenvalue weighted by Gasteiger charge is 2.20. The molecule has 9 nitrogen and oxygen atoms in total. The van der Waals surface area contributed by atoms with Crippen molar-refractivity contribution in [1.82, 2.24) is 20.6 Å². The number of amides is 3. The van der Waals surface area contributed by atoms with Gasteiger partial charge >= 0.3 is 0 Å². The van der Waals surface area contributed by atoms with E-state index in [9.17, 15) is 18.8 Å². The summed E-state index contributed by atoms with van der Waals surface area (Å²) in [7, 11) is 1.77. The minimum atomic E-state index is -0.549. The first-order valence-electron chi connectivity index (χ1n) is 9.84. The molecule has 0 aliphatic heterocycles. The normalized spacial score (nSPS) is 10.5. The molecule has 3 rings (SSSR count). The topological polar surface area (TPSA) is 128 Å². The van der Waals surface area contributed by atoms with Crippen LogP contribution in [0.4, 0.5) is 15.8 Å². The molecule has 3 amide bonds. The van der Waals surface area contributed by atoms with Crippen LogP contribution in [-0.2, 0) is 0 Å². The molecule has 5 N–H and O–H groups in total. The van der Waals surface area contributed by atoms with Crippen LogP contribution in [0.3, 0.4) is 0 Å². The maximum Gasteiger partial charge on any atom is 0.276 e. The Bertz CT molecular complexity index is 1130. The summed E-state index contributed by atoms with van der Waals surface area (Å²) in [5.74, 6) is -1.78. The predicted octanol–water partition coefficient (Wildman–Crippen LogP) is 2.31. The summed E-state index contributed by atoms with van der Waals surface area (Å²) in [5, 5.41) is 11.0. The van der Waals surface area contributed by atoms with Gasteiger partial charge in [0, 0.05) is 30.0 Å². The van der Waals surface area contributed by atoms with E-state index in [0.717, 1.165) is 0 Å². The second kappa shape index (κ2) is 10.3. The molecule has 0 aliphatic carbocycles. The van der Waals surface area contributed by atoms with Crippen molar-refractivity contribution in [2.75, 3.05) is 30.8 Å². The number of hydrogen-bond acceptors (Lipinski definition) is 5. The van der Waals surface area contributed by atoms with Crippen LogP contribution in [0.15, 0.2) is 48.8 Å². The Balaban J connectivity index is 1.66. The van der Waals surface area contributed by atoms with Gasteiger partial charge in [-0.3, -0.25) is 14.4 Å². The number of imidazole rings is 1. The lowest BCUT2D eigenvalue weighted by atomic mass is 10.1. The Labute approximate surface area is 183 Å². The first-order chi connectivity index (χ1) is 15.4. The molecule has 0 saturated heterocycles. The Kier molecular flexibility index (Phi) is 7.29. The van der Waals surface area contributed by atoms with Gasteiger partial charge in [-0.1, -0.05) is 0 Å². The summed E-state index contributed by atoms with van der Waals surface area (Å²) in [6.45, 7) is 2.76. The first kappa shape index (κ1) is 22.6. The highest BCUT2D eigenvalue weighted by molar-refractivity contribution is 6.10. The lowest BCUT2D eigenvalue weighted by Crippen LogP contribution is -2.32. The fourth-order valence-electron chi connectivity index (χ4n) is 2.90. The van der Waals surface area contributed by atoms with Gasteiger partial charge in [0.05, 0.1) is 6.33 Å². The molecular formula is C22H23FN6O3. The Hall–Kier alpha value is -4.05. The zero-order chi connectivity index (χ0) is 23.1. The molecule has 1 heterocycles. The number of aryl methyl sites for hydroxylation is 1. The summed E-state index contributed by atoms with van der Waals surface area (Å²) in [6, 6.07) is 10.1. The van der Waals surface area contributed by atoms with E-state index < -0.39 is 17.6 Å². The van der Waals surface area contributed by atoms with Gasteiger partial charge in [0.15, 0.2) is 5.69 Å². The molecule has 0 atom stereocenters. The summed E-state index contributed by atoms with van der Waals surface area (Å²) < 4.78 is 13.0. The quantitative estimate of drug-likeness (QED) is 0.345. The molecule has 0 aliphatic rings. The van der Waals surface area contributed by atoms with Crippen molar-refractivity contribution in [1.29, 1.82) is 0 Å². The fraction of sp³-hybridized carbons (Fsp3) is 0.182. The number of aromatic nitrogens is 2. The number of halogens is 1. The molecular weight excluding hydrogens is 415 g/mol. The molecule has 3 aromatic rings. The molecule has 0 unspecified atom stereocenters. The minimum Gasteiger partial charge on any atom is -0.349 e. The Morgan fingerprint density at radius 2 is 1.72 bits per heavy atom. The van der Waals surface area contributed by atoms with Crippen LogP contribution in [-0.4, -0.2) is 47.8 Å². The monoisotopic (exact) mass is 438 g/mol. The second-order valence-corrected chi connectivity index (χ2v) is 6.93. The van der Waals surface area contributed by atoms with Crippen molar-refractivity contribution in [2.24, 2.45) is 0 Å². The van der Waals surface area contributed by atoms with Crippen molar-refractivity contribution < 1.29 is 18.8 Å². The number of nitrogens with one attached hydrogen (secondary N) is 5. The maximum atomic E-state index is 13.0. The molecule has 0 spiro atoms. The van der Waals surface area contributed by atoms with E-state index in [-0.39, 0.29) is 17.3 Å². The van der Waals surface area contributed by atoms with Crippen molar-refractivity contribution >= 4 is 29.1 Å². The van der Waals surface area contributed by atoms with Crippen LogP contribution in [0.5, 0.6) is 0 Å². The summed E-state index contributed by atoms with van der Waals surface area (Å²) >= 11 is 0. The summed E-state index contributed by atoms with van der Waals surface area (Å²) in [5.41, 5.74) is 2.07. The average Bonchev–Trinajstić information content (AvgIpc) is 3.26. The van der Waals surface area contributed by atoms with Crippen LogP contribution in [0, 0.1) is 12.7 Å². The third-order valence-electron chi connectivity index (χ3n) is 4.58. The Morgan fingerprint density at radius 1 is 0.969 bits per heavy atom. The zero-order valence-electron chi connectivity index (χ0n) is 17.6. The maximum absolute atomic E-state index is 13.0. The molecule has 166 valence electrons. The number of anilines is 2. The molecule has 32 heavy (non-hydrogen) atoms. The number of carbonyl (C=O) groups excluding carboxylic acids is 3. The lowest BCUT2D eigenvalue weighted by molar-refractivity contribution is 0.0935. The molecule has 0 radical (unpaired) electrons. The number of carbonyl (C=O) groups is 3. The second-order valence-electron chi connectivity index (χ2n) is 6.93. The third kappa shape index (κ3) is 5.55. The van der Waals surface area contributed by atoms with E-state index in [0.29, 0.717) is 35.6 Å². The molecule has 0 fully saturated rings. The fourth-order valence-corrected chi connectivity index (χ4v) is 2.90.